The Kier molecular flexibility index (Phi) is 6.65. The zero-order valence-corrected chi connectivity index (χ0v) is 22.2. The van der Waals surface area contributed by atoms with Crippen molar-refractivity contribution in [1.82, 2.24) is 0 Å². The molecule has 3 aliphatic rings. The lowest BCUT2D eigenvalue weighted by molar-refractivity contribution is -0.123. The zero-order valence-electron chi connectivity index (χ0n) is 20.7. The lowest BCUT2D eigenvalue weighted by Crippen LogP contribution is -2.33. The summed E-state index contributed by atoms with van der Waals surface area (Å²) in [5.41, 5.74) is 1.98. The van der Waals surface area contributed by atoms with Crippen LogP contribution in [0.15, 0.2) is 72.8 Å². The molecule has 3 amide bonds. The Morgan fingerprint density at radius 1 is 0.897 bits per heavy atom. The number of halogens is 2. The van der Waals surface area contributed by atoms with Gasteiger partial charge in [0.1, 0.15) is 0 Å². The summed E-state index contributed by atoms with van der Waals surface area (Å²) < 4.78 is 5.17. The number of rotatable bonds is 6. The molecule has 0 radical (unpaired) electrons. The average Bonchev–Trinajstić information content (AvgIpc) is 3.61. The number of hydrogen-bond donors (Lipinski definition) is 1. The number of fused-ring (bicyclic) bond motifs is 5. The van der Waals surface area contributed by atoms with Crippen molar-refractivity contribution in [1.29, 1.82) is 0 Å². The van der Waals surface area contributed by atoms with Crippen molar-refractivity contribution in [2.45, 2.75) is 18.8 Å². The van der Waals surface area contributed by atoms with Crippen LogP contribution < -0.4 is 10.2 Å². The Hall–Kier alpha value is -3.68. The van der Waals surface area contributed by atoms with E-state index in [1.807, 2.05) is 18.2 Å². The molecule has 2 bridgehead atoms. The fourth-order valence-electron chi connectivity index (χ4n) is 6.57. The van der Waals surface area contributed by atoms with Gasteiger partial charge in [0.2, 0.25) is 11.8 Å². The molecule has 1 aliphatic heterocycles. The van der Waals surface area contributed by atoms with Crippen molar-refractivity contribution in [3.63, 3.8) is 0 Å². The van der Waals surface area contributed by atoms with Crippen molar-refractivity contribution in [3.8, 4) is 0 Å². The van der Waals surface area contributed by atoms with Crippen LogP contribution in [0.1, 0.15) is 34.7 Å². The van der Waals surface area contributed by atoms with Crippen molar-refractivity contribution in [2.24, 2.45) is 23.7 Å². The van der Waals surface area contributed by atoms with E-state index in [2.05, 4.69) is 17.4 Å². The lowest BCUT2D eigenvalue weighted by atomic mass is 9.73. The van der Waals surface area contributed by atoms with E-state index >= 15 is 0 Å². The number of imide groups is 1. The van der Waals surface area contributed by atoms with Gasteiger partial charge in [-0.25, -0.2) is 4.79 Å². The van der Waals surface area contributed by atoms with E-state index in [1.165, 1.54) is 22.6 Å². The van der Waals surface area contributed by atoms with E-state index in [0.717, 1.165) is 12.8 Å². The quantitative estimate of drug-likeness (QED) is 0.306. The Labute approximate surface area is 235 Å². The molecule has 0 aromatic heterocycles. The van der Waals surface area contributed by atoms with Gasteiger partial charge in [0.15, 0.2) is 6.61 Å². The molecule has 198 valence electrons. The molecule has 1 saturated heterocycles. The van der Waals surface area contributed by atoms with E-state index in [0.29, 0.717) is 11.4 Å². The van der Waals surface area contributed by atoms with Gasteiger partial charge in [-0.05, 0) is 66.5 Å². The van der Waals surface area contributed by atoms with E-state index in [-0.39, 0.29) is 57.0 Å². The maximum Gasteiger partial charge on any atom is 0.338 e. The summed E-state index contributed by atoms with van der Waals surface area (Å²) in [6, 6.07) is 21.2. The molecule has 0 spiro atoms. The summed E-state index contributed by atoms with van der Waals surface area (Å²) in [6.45, 7) is -0.554. The minimum Gasteiger partial charge on any atom is -0.452 e. The van der Waals surface area contributed by atoms with Crippen molar-refractivity contribution in [2.75, 3.05) is 16.8 Å². The Balaban J connectivity index is 1.14. The Bertz CT molecular complexity index is 1490. The van der Waals surface area contributed by atoms with Crippen LogP contribution in [0.2, 0.25) is 10.0 Å². The number of benzene rings is 3. The van der Waals surface area contributed by atoms with Crippen LogP contribution >= 0.6 is 23.2 Å². The number of nitrogens with one attached hydrogen (secondary N) is 1. The monoisotopic (exact) mass is 562 g/mol. The highest BCUT2D eigenvalue weighted by atomic mass is 35.5. The van der Waals surface area contributed by atoms with E-state index in [9.17, 15) is 19.2 Å². The third-order valence-electron chi connectivity index (χ3n) is 8.14. The molecule has 1 heterocycles. The largest absolute Gasteiger partial charge is 0.452 e. The van der Waals surface area contributed by atoms with Gasteiger partial charge < -0.3 is 10.1 Å². The zero-order chi connectivity index (χ0) is 27.3. The first-order valence-electron chi connectivity index (χ1n) is 12.8. The number of hydrogen-bond acceptors (Lipinski definition) is 5. The minimum atomic E-state index is -0.757. The highest BCUT2D eigenvalue weighted by Crippen LogP contribution is 2.61. The average molecular weight is 563 g/mol. The predicted molar refractivity (Wildman–Crippen MR) is 147 cm³/mol. The predicted octanol–water partition coefficient (Wildman–Crippen LogP) is 5.72. The van der Waals surface area contributed by atoms with Gasteiger partial charge in [0.25, 0.3) is 5.91 Å². The second-order valence-corrected chi connectivity index (χ2v) is 11.0. The second-order valence-electron chi connectivity index (χ2n) is 10.3. The van der Waals surface area contributed by atoms with Gasteiger partial charge in [-0.15, -0.1) is 0 Å². The summed E-state index contributed by atoms with van der Waals surface area (Å²) in [6.07, 6.45) is 1.78. The lowest BCUT2D eigenvalue weighted by Gasteiger charge is -2.28. The summed E-state index contributed by atoms with van der Waals surface area (Å²) in [5.74, 6) is -1.86. The number of anilines is 2. The third kappa shape index (κ3) is 4.49. The van der Waals surface area contributed by atoms with Crippen LogP contribution in [0.5, 0.6) is 0 Å². The standard InChI is InChI=1S/C30H24Cl2N2O5/c31-22-10-5-11-23(27(22)32)33-24(35)15-39-30(38)17-8-4-9-19(12-17)34-28(36)25-18-13-20(16-6-2-1-3-7-16)21(14-18)26(25)29(34)37/h1-12,18,20-21,25-26H,13-15H2,(H,33,35)/t18-,20+,21+,25+,26+/m0/s1. The SMILES string of the molecule is O=C(COC(=O)c1cccc(N2C(=O)[C@@H]3[C@@H]4C[C@@H]([C@H]3C2=O)[C@@H](c2ccccc2)C4)c1)Nc1cccc(Cl)c1Cl. The van der Waals surface area contributed by atoms with Crippen molar-refractivity contribution in [3.05, 3.63) is 94.0 Å². The van der Waals surface area contributed by atoms with E-state index in [1.54, 1.807) is 30.3 Å². The summed E-state index contributed by atoms with van der Waals surface area (Å²) in [7, 11) is 0. The maximum atomic E-state index is 13.6. The summed E-state index contributed by atoms with van der Waals surface area (Å²) in [5, 5.41) is 3.01. The topological polar surface area (TPSA) is 92.8 Å². The Morgan fingerprint density at radius 3 is 2.44 bits per heavy atom. The number of carbonyl (C=O) groups excluding carboxylic acids is 4. The first-order chi connectivity index (χ1) is 18.8. The molecule has 5 atom stereocenters. The van der Waals surface area contributed by atoms with Gasteiger partial charge in [-0.3, -0.25) is 19.3 Å². The van der Waals surface area contributed by atoms with Gasteiger partial charge in [0.05, 0.1) is 38.8 Å². The van der Waals surface area contributed by atoms with Crippen LogP contribution in [-0.4, -0.2) is 30.3 Å². The number of nitrogens with zero attached hydrogens (tertiary/aromatic N) is 1. The van der Waals surface area contributed by atoms with Crippen LogP contribution in [0, 0.1) is 23.7 Å². The van der Waals surface area contributed by atoms with Gasteiger partial charge in [-0.2, -0.15) is 0 Å². The molecular weight excluding hydrogens is 539 g/mol. The fourth-order valence-corrected chi connectivity index (χ4v) is 6.92. The normalized spacial score (nSPS) is 25.1. The second kappa shape index (κ2) is 10.1. The highest BCUT2D eigenvalue weighted by Gasteiger charge is 2.64. The smallest absolute Gasteiger partial charge is 0.338 e. The van der Waals surface area contributed by atoms with Crippen LogP contribution in [0.25, 0.3) is 0 Å². The molecule has 1 N–H and O–H groups in total. The van der Waals surface area contributed by atoms with Crippen LogP contribution in [-0.2, 0) is 19.1 Å². The molecular formula is C30H24Cl2N2O5. The molecule has 6 rings (SSSR count). The van der Waals surface area contributed by atoms with Gasteiger partial charge >= 0.3 is 5.97 Å². The molecule has 3 fully saturated rings. The third-order valence-corrected chi connectivity index (χ3v) is 8.96. The first-order valence-corrected chi connectivity index (χ1v) is 13.5. The molecule has 9 heteroatoms. The molecule has 0 unspecified atom stereocenters. The maximum absolute atomic E-state index is 13.6. The van der Waals surface area contributed by atoms with Crippen LogP contribution in [0.4, 0.5) is 11.4 Å². The molecule has 3 aromatic carbocycles. The molecule has 2 aliphatic carbocycles. The summed E-state index contributed by atoms with van der Waals surface area (Å²) in [4.78, 5) is 53.3. The summed E-state index contributed by atoms with van der Waals surface area (Å²) >= 11 is 12.0. The molecule has 3 aromatic rings. The van der Waals surface area contributed by atoms with Gasteiger partial charge in [-0.1, -0.05) is 65.7 Å². The van der Waals surface area contributed by atoms with E-state index in [4.69, 9.17) is 27.9 Å². The molecule has 7 nitrogen and oxygen atoms in total. The van der Waals surface area contributed by atoms with Crippen molar-refractivity contribution >= 4 is 58.3 Å². The fraction of sp³-hybridized carbons (Fsp3) is 0.267. The van der Waals surface area contributed by atoms with Crippen molar-refractivity contribution < 1.29 is 23.9 Å². The number of ether oxygens (including phenoxy) is 1. The first kappa shape index (κ1) is 25.6. The number of carbonyl (C=O) groups is 4. The van der Waals surface area contributed by atoms with Crippen LogP contribution in [0.3, 0.4) is 0 Å². The van der Waals surface area contributed by atoms with Gasteiger partial charge in [0, 0.05) is 0 Å². The Morgan fingerprint density at radius 2 is 1.64 bits per heavy atom. The molecule has 39 heavy (non-hydrogen) atoms. The number of esters is 1. The molecule has 2 saturated carbocycles. The van der Waals surface area contributed by atoms with E-state index < -0.39 is 18.5 Å². The minimum absolute atomic E-state index is 0.128. The highest BCUT2D eigenvalue weighted by molar-refractivity contribution is 6.44. The number of amides is 3.